The minimum atomic E-state index is -0.183. The molecule has 3 heteroatoms. The Morgan fingerprint density at radius 3 is 2.33 bits per heavy atom. The Balaban J connectivity index is 2.06. The molecule has 0 heterocycles. The van der Waals surface area contributed by atoms with Gasteiger partial charge in [-0.05, 0) is 37.1 Å². The zero-order valence-electron chi connectivity index (χ0n) is 13.1. The predicted molar refractivity (Wildman–Crippen MR) is 87.4 cm³/mol. The molecular weight excluding hydrogens is 262 g/mol. The maximum atomic E-state index is 5.57. The minimum Gasteiger partial charge on any atom is -0.352 e. The van der Waals surface area contributed by atoms with Crippen LogP contribution in [0.5, 0.6) is 0 Å². The maximum absolute atomic E-state index is 5.57. The van der Waals surface area contributed by atoms with E-state index in [1.165, 1.54) is 16.3 Å². The first-order valence-corrected chi connectivity index (χ1v) is 7.70. The molecule has 2 aromatic carbocycles. The second-order valence-electron chi connectivity index (χ2n) is 5.04. The number of nitrogens with one attached hydrogen (secondary N) is 1. The Bertz CT molecular complexity index is 544. The Hall–Kier alpha value is -1.42. The van der Waals surface area contributed by atoms with Gasteiger partial charge in [-0.1, -0.05) is 42.5 Å². The predicted octanol–water partition coefficient (Wildman–Crippen LogP) is 3.89. The first-order valence-electron chi connectivity index (χ1n) is 7.70. The highest BCUT2D eigenvalue weighted by molar-refractivity contribution is 5.86. The van der Waals surface area contributed by atoms with Crippen molar-refractivity contribution in [1.29, 1.82) is 0 Å². The molecule has 1 N–H and O–H groups in total. The second-order valence-corrected chi connectivity index (χ2v) is 5.04. The van der Waals surface area contributed by atoms with E-state index < -0.39 is 0 Å². The average Bonchev–Trinajstić information content (AvgIpc) is 2.52. The summed E-state index contributed by atoms with van der Waals surface area (Å²) in [5, 5.41) is 6.08. The molecule has 0 saturated heterocycles. The summed E-state index contributed by atoms with van der Waals surface area (Å²) in [5.74, 6) is 0. The van der Waals surface area contributed by atoms with E-state index in [4.69, 9.17) is 9.47 Å². The number of hydrogen-bond acceptors (Lipinski definition) is 3. The van der Waals surface area contributed by atoms with Crippen LogP contribution < -0.4 is 5.32 Å². The summed E-state index contributed by atoms with van der Waals surface area (Å²) < 4.78 is 11.1. The van der Waals surface area contributed by atoms with Crippen molar-refractivity contribution in [1.82, 2.24) is 5.32 Å². The molecular formula is C18H25NO2. The molecule has 1 atom stereocenters. The number of ether oxygens (including phenoxy) is 2. The van der Waals surface area contributed by atoms with E-state index in [9.17, 15) is 0 Å². The standard InChI is InChI=1S/C18H25NO2/c1-4-20-18(21-5-2)13-19-14(3)16-12-8-10-15-9-6-7-11-17(15)16/h6-12,14,18-19H,4-5,13H2,1-3H3. The van der Waals surface area contributed by atoms with Crippen molar-refractivity contribution in [2.45, 2.75) is 33.1 Å². The van der Waals surface area contributed by atoms with Crippen molar-refractivity contribution in [2.75, 3.05) is 19.8 Å². The molecule has 0 aromatic heterocycles. The number of benzene rings is 2. The summed E-state index contributed by atoms with van der Waals surface area (Å²) in [7, 11) is 0. The highest BCUT2D eigenvalue weighted by Crippen LogP contribution is 2.23. The van der Waals surface area contributed by atoms with Gasteiger partial charge in [-0.2, -0.15) is 0 Å². The molecule has 0 radical (unpaired) electrons. The van der Waals surface area contributed by atoms with Gasteiger partial charge in [0.15, 0.2) is 6.29 Å². The summed E-state index contributed by atoms with van der Waals surface area (Å²) in [6.07, 6.45) is -0.183. The van der Waals surface area contributed by atoms with Gasteiger partial charge in [-0.15, -0.1) is 0 Å². The Morgan fingerprint density at radius 2 is 1.62 bits per heavy atom. The van der Waals surface area contributed by atoms with Crippen LogP contribution in [0.2, 0.25) is 0 Å². The van der Waals surface area contributed by atoms with Gasteiger partial charge in [-0.25, -0.2) is 0 Å². The lowest BCUT2D eigenvalue weighted by molar-refractivity contribution is -0.133. The van der Waals surface area contributed by atoms with Gasteiger partial charge >= 0.3 is 0 Å². The SMILES string of the molecule is CCOC(CNC(C)c1cccc2ccccc12)OCC. The van der Waals surface area contributed by atoms with Crippen LogP contribution in [0.25, 0.3) is 10.8 Å². The number of fused-ring (bicyclic) bond motifs is 1. The highest BCUT2D eigenvalue weighted by atomic mass is 16.7. The van der Waals surface area contributed by atoms with Crippen molar-refractivity contribution in [3.63, 3.8) is 0 Å². The normalized spacial score (nSPS) is 13.0. The first kappa shape index (κ1) is 16.0. The third-order valence-electron chi connectivity index (χ3n) is 3.59. The van der Waals surface area contributed by atoms with E-state index in [0.717, 1.165) is 0 Å². The zero-order chi connectivity index (χ0) is 15.1. The van der Waals surface area contributed by atoms with Gasteiger partial charge in [0.25, 0.3) is 0 Å². The molecule has 1 unspecified atom stereocenters. The topological polar surface area (TPSA) is 30.5 Å². The molecule has 0 amide bonds. The summed E-state index contributed by atoms with van der Waals surface area (Å²) in [6, 6.07) is 15.2. The van der Waals surface area contributed by atoms with E-state index >= 15 is 0 Å². The Kier molecular flexibility index (Phi) is 6.18. The molecule has 2 rings (SSSR count). The van der Waals surface area contributed by atoms with Gasteiger partial charge in [0.1, 0.15) is 0 Å². The summed E-state index contributed by atoms with van der Waals surface area (Å²) in [4.78, 5) is 0. The van der Waals surface area contributed by atoms with Crippen molar-refractivity contribution < 1.29 is 9.47 Å². The smallest absolute Gasteiger partial charge is 0.169 e. The van der Waals surface area contributed by atoms with Gasteiger partial charge in [-0.3, -0.25) is 0 Å². The van der Waals surface area contributed by atoms with E-state index in [1.54, 1.807) is 0 Å². The van der Waals surface area contributed by atoms with Crippen molar-refractivity contribution in [3.05, 3.63) is 48.0 Å². The molecule has 3 nitrogen and oxygen atoms in total. The Morgan fingerprint density at radius 1 is 0.952 bits per heavy atom. The van der Waals surface area contributed by atoms with Crippen LogP contribution in [0.1, 0.15) is 32.4 Å². The fourth-order valence-electron chi connectivity index (χ4n) is 2.55. The van der Waals surface area contributed by atoms with Crippen LogP contribution in [0, 0.1) is 0 Å². The third kappa shape index (κ3) is 4.27. The summed E-state index contributed by atoms with van der Waals surface area (Å²) >= 11 is 0. The fraction of sp³-hybridized carbons (Fsp3) is 0.444. The van der Waals surface area contributed by atoms with Gasteiger partial charge < -0.3 is 14.8 Å². The van der Waals surface area contributed by atoms with Crippen LogP contribution in [0.3, 0.4) is 0 Å². The number of hydrogen-bond donors (Lipinski definition) is 1. The minimum absolute atomic E-state index is 0.183. The molecule has 0 fully saturated rings. The molecule has 0 saturated carbocycles. The van der Waals surface area contributed by atoms with E-state index in [-0.39, 0.29) is 12.3 Å². The van der Waals surface area contributed by atoms with Gasteiger partial charge in [0, 0.05) is 25.8 Å². The zero-order valence-corrected chi connectivity index (χ0v) is 13.1. The van der Waals surface area contributed by atoms with Crippen LogP contribution in [-0.2, 0) is 9.47 Å². The summed E-state index contributed by atoms with van der Waals surface area (Å²) in [5.41, 5.74) is 1.31. The van der Waals surface area contributed by atoms with Crippen molar-refractivity contribution in [3.8, 4) is 0 Å². The van der Waals surface area contributed by atoms with Crippen LogP contribution in [0.15, 0.2) is 42.5 Å². The van der Waals surface area contributed by atoms with E-state index in [0.29, 0.717) is 19.8 Å². The van der Waals surface area contributed by atoms with E-state index in [2.05, 4.69) is 54.7 Å². The van der Waals surface area contributed by atoms with Crippen LogP contribution >= 0.6 is 0 Å². The lowest BCUT2D eigenvalue weighted by Crippen LogP contribution is -2.33. The third-order valence-corrected chi connectivity index (χ3v) is 3.59. The lowest BCUT2D eigenvalue weighted by atomic mass is 10.00. The highest BCUT2D eigenvalue weighted by Gasteiger charge is 2.12. The monoisotopic (exact) mass is 287 g/mol. The molecule has 0 spiro atoms. The lowest BCUT2D eigenvalue weighted by Gasteiger charge is -2.21. The second kappa shape index (κ2) is 8.13. The van der Waals surface area contributed by atoms with Gasteiger partial charge in [0.05, 0.1) is 0 Å². The van der Waals surface area contributed by atoms with Crippen LogP contribution in [0.4, 0.5) is 0 Å². The maximum Gasteiger partial charge on any atom is 0.169 e. The average molecular weight is 287 g/mol. The largest absolute Gasteiger partial charge is 0.352 e. The molecule has 0 aliphatic rings. The van der Waals surface area contributed by atoms with Crippen molar-refractivity contribution >= 4 is 10.8 Å². The summed E-state index contributed by atoms with van der Waals surface area (Å²) in [6.45, 7) is 8.16. The van der Waals surface area contributed by atoms with Gasteiger partial charge in [0.2, 0.25) is 0 Å². The van der Waals surface area contributed by atoms with Crippen LogP contribution in [-0.4, -0.2) is 26.0 Å². The molecule has 21 heavy (non-hydrogen) atoms. The quantitative estimate of drug-likeness (QED) is 0.747. The van der Waals surface area contributed by atoms with E-state index in [1.807, 2.05) is 13.8 Å². The molecule has 0 aliphatic carbocycles. The molecule has 2 aromatic rings. The number of rotatable bonds is 8. The Labute approximate surface area is 127 Å². The first-order chi connectivity index (χ1) is 10.3. The molecule has 0 bridgehead atoms. The molecule has 114 valence electrons. The molecule has 0 aliphatic heterocycles. The fourth-order valence-corrected chi connectivity index (χ4v) is 2.55. The van der Waals surface area contributed by atoms with Crippen molar-refractivity contribution in [2.24, 2.45) is 0 Å².